The standard InChI is InChI=1S/C19H30O2/c1-16-3-9-18(10-4-16,11-5-16)15(20)21-19-12-6-17(2,7-13-19)8-14-19/h3-14H2,1-2H3. The lowest BCUT2D eigenvalue weighted by molar-refractivity contribution is -0.195. The zero-order chi connectivity index (χ0) is 14.8. The summed E-state index contributed by atoms with van der Waals surface area (Å²) < 4.78 is 6.26. The molecule has 0 aliphatic heterocycles. The molecular weight excluding hydrogens is 260 g/mol. The Labute approximate surface area is 129 Å². The largest absolute Gasteiger partial charge is 0.459 e. The van der Waals surface area contributed by atoms with Gasteiger partial charge in [0, 0.05) is 0 Å². The average molecular weight is 290 g/mol. The molecule has 0 aromatic carbocycles. The van der Waals surface area contributed by atoms with E-state index in [4.69, 9.17) is 4.74 Å². The minimum absolute atomic E-state index is 0.0816. The van der Waals surface area contributed by atoms with Crippen molar-refractivity contribution in [1.82, 2.24) is 0 Å². The Morgan fingerprint density at radius 2 is 1.05 bits per heavy atom. The predicted octanol–water partition coefficient (Wildman–Crippen LogP) is 5.00. The molecule has 0 spiro atoms. The van der Waals surface area contributed by atoms with Crippen LogP contribution >= 0.6 is 0 Å². The molecule has 6 saturated carbocycles. The van der Waals surface area contributed by atoms with E-state index in [2.05, 4.69) is 13.8 Å². The highest BCUT2D eigenvalue weighted by molar-refractivity contribution is 5.78. The van der Waals surface area contributed by atoms with Gasteiger partial charge in [0.05, 0.1) is 5.41 Å². The van der Waals surface area contributed by atoms with Gasteiger partial charge in [-0.3, -0.25) is 4.79 Å². The van der Waals surface area contributed by atoms with E-state index in [1.54, 1.807) is 0 Å². The van der Waals surface area contributed by atoms with E-state index in [9.17, 15) is 4.79 Å². The summed E-state index contributed by atoms with van der Waals surface area (Å²) in [6.07, 6.45) is 14.0. The Hall–Kier alpha value is -0.530. The van der Waals surface area contributed by atoms with Gasteiger partial charge in [-0.25, -0.2) is 0 Å². The average Bonchev–Trinajstić information content (AvgIpc) is 2.50. The summed E-state index contributed by atoms with van der Waals surface area (Å²) in [7, 11) is 0. The van der Waals surface area contributed by atoms with Crippen LogP contribution < -0.4 is 0 Å². The molecule has 0 unspecified atom stereocenters. The van der Waals surface area contributed by atoms with Crippen molar-refractivity contribution in [2.45, 2.75) is 96.5 Å². The highest BCUT2D eigenvalue weighted by Gasteiger charge is 2.55. The van der Waals surface area contributed by atoms with E-state index in [-0.39, 0.29) is 17.0 Å². The maximum atomic E-state index is 13.0. The number of esters is 1. The van der Waals surface area contributed by atoms with Gasteiger partial charge in [-0.05, 0) is 87.9 Å². The van der Waals surface area contributed by atoms with Crippen LogP contribution in [0, 0.1) is 16.2 Å². The molecule has 2 heteroatoms. The SMILES string of the molecule is CC12CCC(OC(=O)C34CCC(C)(CC3)CC4)(CC1)CC2. The lowest BCUT2D eigenvalue weighted by Gasteiger charge is -2.54. The van der Waals surface area contributed by atoms with Crippen LogP contribution in [0.2, 0.25) is 0 Å². The fraction of sp³-hybridized carbons (Fsp3) is 0.947. The van der Waals surface area contributed by atoms with Gasteiger partial charge in [0.2, 0.25) is 0 Å². The normalized spacial score (nSPS) is 51.9. The van der Waals surface area contributed by atoms with Gasteiger partial charge in [0.1, 0.15) is 5.60 Å². The number of hydrogen-bond acceptors (Lipinski definition) is 2. The molecule has 0 aromatic heterocycles. The molecule has 6 fully saturated rings. The Morgan fingerprint density at radius 1 is 0.667 bits per heavy atom. The summed E-state index contributed by atoms with van der Waals surface area (Å²) in [5.74, 6) is 0.176. The quantitative estimate of drug-likeness (QED) is 0.669. The summed E-state index contributed by atoms with van der Waals surface area (Å²) in [5, 5.41) is 0. The molecule has 21 heavy (non-hydrogen) atoms. The fourth-order valence-corrected chi connectivity index (χ4v) is 5.48. The van der Waals surface area contributed by atoms with Gasteiger partial charge in [0.15, 0.2) is 0 Å². The minimum Gasteiger partial charge on any atom is -0.459 e. The van der Waals surface area contributed by atoms with Crippen LogP contribution in [0.25, 0.3) is 0 Å². The molecule has 6 rings (SSSR count). The van der Waals surface area contributed by atoms with E-state index >= 15 is 0 Å². The summed E-state index contributed by atoms with van der Waals surface area (Å²) in [6, 6.07) is 0. The van der Waals surface area contributed by atoms with Crippen molar-refractivity contribution >= 4 is 5.97 Å². The molecule has 0 amide bonds. The highest BCUT2D eigenvalue weighted by Crippen LogP contribution is 2.59. The number of ether oxygens (including phenoxy) is 1. The number of fused-ring (bicyclic) bond motifs is 6. The van der Waals surface area contributed by atoms with E-state index in [0.29, 0.717) is 10.8 Å². The summed E-state index contributed by atoms with van der Waals surface area (Å²) in [6.45, 7) is 4.82. The van der Waals surface area contributed by atoms with Crippen LogP contribution in [-0.4, -0.2) is 11.6 Å². The molecular formula is C19H30O2. The topological polar surface area (TPSA) is 26.3 Å². The first-order valence-corrected chi connectivity index (χ1v) is 9.11. The van der Waals surface area contributed by atoms with E-state index < -0.39 is 0 Å². The monoisotopic (exact) mass is 290 g/mol. The zero-order valence-electron chi connectivity index (χ0n) is 13.8. The molecule has 0 N–H and O–H groups in total. The van der Waals surface area contributed by atoms with Gasteiger partial charge in [0.25, 0.3) is 0 Å². The van der Waals surface area contributed by atoms with Crippen molar-refractivity contribution in [3.05, 3.63) is 0 Å². The fourth-order valence-electron chi connectivity index (χ4n) is 5.48. The molecule has 118 valence electrons. The Morgan fingerprint density at radius 3 is 1.48 bits per heavy atom. The maximum Gasteiger partial charge on any atom is 0.312 e. The molecule has 0 radical (unpaired) electrons. The van der Waals surface area contributed by atoms with Crippen LogP contribution in [0.15, 0.2) is 0 Å². The molecule has 0 saturated heterocycles. The van der Waals surface area contributed by atoms with E-state index in [1.807, 2.05) is 0 Å². The summed E-state index contributed by atoms with van der Waals surface area (Å²) >= 11 is 0. The van der Waals surface area contributed by atoms with Crippen molar-refractivity contribution in [1.29, 1.82) is 0 Å². The number of hydrogen-bond donors (Lipinski definition) is 0. The summed E-state index contributed by atoms with van der Waals surface area (Å²) in [4.78, 5) is 13.0. The highest BCUT2D eigenvalue weighted by atomic mass is 16.6. The van der Waals surface area contributed by atoms with Crippen LogP contribution in [0.1, 0.15) is 90.9 Å². The van der Waals surface area contributed by atoms with Gasteiger partial charge in [-0.15, -0.1) is 0 Å². The molecule has 0 atom stereocenters. The first-order valence-electron chi connectivity index (χ1n) is 9.11. The van der Waals surface area contributed by atoms with Crippen molar-refractivity contribution in [2.24, 2.45) is 16.2 Å². The van der Waals surface area contributed by atoms with Crippen LogP contribution in [0.5, 0.6) is 0 Å². The van der Waals surface area contributed by atoms with Crippen molar-refractivity contribution < 1.29 is 9.53 Å². The second-order valence-corrected chi connectivity index (χ2v) is 9.47. The number of carbonyl (C=O) groups is 1. The van der Waals surface area contributed by atoms with Crippen LogP contribution in [-0.2, 0) is 9.53 Å². The third-order valence-electron chi connectivity index (χ3n) is 7.92. The third kappa shape index (κ3) is 2.16. The molecule has 6 aliphatic carbocycles. The molecule has 2 nitrogen and oxygen atoms in total. The lowest BCUT2D eigenvalue weighted by Crippen LogP contribution is -2.52. The van der Waals surface area contributed by atoms with Gasteiger partial charge in [-0.1, -0.05) is 13.8 Å². The van der Waals surface area contributed by atoms with Gasteiger partial charge in [-0.2, -0.15) is 0 Å². The Kier molecular flexibility index (Phi) is 2.86. The number of rotatable bonds is 2. The second kappa shape index (κ2) is 4.26. The third-order valence-corrected chi connectivity index (χ3v) is 7.92. The van der Waals surface area contributed by atoms with Crippen molar-refractivity contribution in [3.8, 4) is 0 Å². The predicted molar refractivity (Wildman–Crippen MR) is 82.9 cm³/mol. The Bertz CT molecular complexity index is 415. The van der Waals surface area contributed by atoms with Gasteiger partial charge < -0.3 is 4.74 Å². The Balaban J connectivity index is 1.47. The molecule has 0 aromatic rings. The van der Waals surface area contributed by atoms with Gasteiger partial charge >= 0.3 is 5.97 Å². The van der Waals surface area contributed by atoms with E-state index in [1.165, 1.54) is 38.5 Å². The first kappa shape index (κ1) is 14.1. The second-order valence-electron chi connectivity index (χ2n) is 9.47. The molecule has 0 heterocycles. The summed E-state index contributed by atoms with van der Waals surface area (Å²) in [5.41, 5.74) is 0.883. The first-order chi connectivity index (χ1) is 9.87. The van der Waals surface area contributed by atoms with Crippen LogP contribution in [0.4, 0.5) is 0 Å². The van der Waals surface area contributed by atoms with Crippen LogP contribution in [0.3, 0.4) is 0 Å². The maximum absolute atomic E-state index is 13.0. The number of carbonyl (C=O) groups excluding carboxylic acids is 1. The van der Waals surface area contributed by atoms with E-state index in [0.717, 1.165) is 38.5 Å². The smallest absolute Gasteiger partial charge is 0.312 e. The molecule has 6 aliphatic rings. The van der Waals surface area contributed by atoms with Crippen molar-refractivity contribution in [3.63, 3.8) is 0 Å². The zero-order valence-corrected chi connectivity index (χ0v) is 13.8. The van der Waals surface area contributed by atoms with Crippen molar-refractivity contribution in [2.75, 3.05) is 0 Å². The lowest BCUT2D eigenvalue weighted by atomic mass is 9.54. The molecule has 4 bridgehead atoms. The minimum atomic E-state index is -0.106.